The summed E-state index contributed by atoms with van der Waals surface area (Å²) in [5.41, 5.74) is -0.145. The number of aryl methyl sites for hydroxylation is 1. The van der Waals surface area contributed by atoms with Crippen molar-refractivity contribution in [2.75, 3.05) is 6.54 Å². The van der Waals surface area contributed by atoms with Crippen molar-refractivity contribution >= 4 is 5.96 Å². The standard InChI is InChI=1S/C23H31F3N6/c1-16-30-31-20(32(16)2)14-27-21(29-19-9-3-4-10-19)28-15-22(11-6-12-22)17-7-5-8-18(13-17)23(24,25)26/h5,7-8,13,19H,3-4,6,9-12,14-15H2,1-2H3,(H2,27,28,29). The van der Waals surface area contributed by atoms with E-state index in [0.717, 1.165) is 55.4 Å². The minimum atomic E-state index is -4.33. The molecule has 2 aromatic rings. The van der Waals surface area contributed by atoms with Crippen LogP contribution >= 0.6 is 0 Å². The average Bonchev–Trinajstić information content (AvgIpc) is 3.35. The van der Waals surface area contributed by atoms with Crippen LogP contribution in [0.3, 0.4) is 0 Å². The van der Waals surface area contributed by atoms with Gasteiger partial charge in [-0.2, -0.15) is 13.2 Å². The molecular weight excluding hydrogens is 417 g/mol. The first-order valence-corrected chi connectivity index (χ1v) is 11.3. The Hall–Kier alpha value is -2.58. The van der Waals surface area contributed by atoms with E-state index in [-0.39, 0.29) is 5.41 Å². The number of halogens is 3. The molecule has 0 radical (unpaired) electrons. The monoisotopic (exact) mass is 448 g/mol. The maximum Gasteiger partial charge on any atom is 0.416 e. The summed E-state index contributed by atoms with van der Waals surface area (Å²) in [5, 5.41) is 15.2. The normalized spacial score (nSPS) is 19.1. The third-order valence-corrected chi connectivity index (χ3v) is 6.96. The fourth-order valence-electron chi connectivity index (χ4n) is 4.60. The van der Waals surface area contributed by atoms with Crippen molar-refractivity contribution < 1.29 is 13.2 Å². The molecule has 0 saturated heterocycles. The van der Waals surface area contributed by atoms with Crippen LogP contribution < -0.4 is 10.6 Å². The topological polar surface area (TPSA) is 67.1 Å². The fourth-order valence-corrected chi connectivity index (χ4v) is 4.60. The second kappa shape index (κ2) is 9.11. The quantitative estimate of drug-likeness (QED) is 0.512. The van der Waals surface area contributed by atoms with E-state index in [9.17, 15) is 13.2 Å². The molecule has 0 spiro atoms. The number of benzene rings is 1. The van der Waals surface area contributed by atoms with Crippen LogP contribution in [0.5, 0.6) is 0 Å². The van der Waals surface area contributed by atoms with Gasteiger partial charge in [0.25, 0.3) is 0 Å². The molecule has 0 amide bonds. The van der Waals surface area contributed by atoms with Crippen LogP contribution in [0.25, 0.3) is 0 Å². The van der Waals surface area contributed by atoms with Crippen LogP contribution in [0, 0.1) is 6.92 Å². The highest BCUT2D eigenvalue weighted by Crippen LogP contribution is 2.44. The van der Waals surface area contributed by atoms with Crippen LogP contribution in [0.1, 0.15) is 67.7 Å². The van der Waals surface area contributed by atoms with E-state index in [2.05, 4.69) is 20.8 Å². The Morgan fingerprint density at radius 3 is 2.53 bits per heavy atom. The van der Waals surface area contributed by atoms with Crippen LogP contribution in [-0.4, -0.2) is 33.3 Å². The van der Waals surface area contributed by atoms with Crippen molar-refractivity contribution in [3.63, 3.8) is 0 Å². The lowest BCUT2D eigenvalue weighted by molar-refractivity contribution is -0.137. The molecule has 2 aliphatic carbocycles. The van der Waals surface area contributed by atoms with Crippen LogP contribution in [0.2, 0.25) is 0 Å². The first-order chi connectivity index (χ1) is 15.3. The second-order valence-corrected chi connectivity index (χ2v) is 9.08. The lowest BCUT2D eigenvalue weighted by Gasteiger charge is -2.43. The average molecular weight is 449 g/mol. The van der Waals surface area contributed by atoms with Gasteiger partial charge in [0.15, 0.2) is 11.8 Å². The second-order valence-electron chi connectivity index (χ2n) is 9.08. The van der Waals surface area contributed by atoms with Crippen LogP contribution in [0.4, 0.5) is 13.2 Å². The zero-order valence-corrected chi connectivity index (χ0v) is 18.7. The fraction of sp³-hybridized carbons (Fsp3) is 0.609. The van der Waals surface area contributed by atoms with Crippen molar-refractivity contribution in [1.29, 1.82) is 0 Å². The highest BCUT2D eigenvalue weighted by atomic mass is 19.4. The smallest absolute Gasteiger partial charge is 0.355 e. The first-order valence-electron chi connectivity index (χ1n) is 11.3. The summed E-state index contributed by atoms with van der Waals surface area (Å²) in [6.07, 6.45) is 2.99. The first kappa shape index (κ1) is 22.6. The molecule has 2 saturated carbocycles. The molecule has 1 aromatic carbocycles. The Morgan fingerprint density at radius 1 is 1.19 bits per heavy atom. The van der Waals surface area contributed by atoms with Gasteiger partial charge in [0.2, 0.25) is 0 Å². The summed E-state index contributed by atoms with van der Waals surface area (Å²) in [6, 6.07) is 6.15. The van der Waals surface area contributed by atoms with E-state index in [1.165, 1.54) is 25.0 Å². The molecule has 6 nitrogen and oxygen atoms in total. The van der Waals surface area contributed by atoms with E-state index in [4.69, 9.17) is 4.99 Å². The number of hydrogen-bond acceptors (Lipinski definition) is 3. The number of nitrogens with zero attached hydrogens (tertiary/aromatic N) is 4. The van der Waals surface area contributed by atoms with Crippen molar-refractivity contribution in [2.45, 2.75) is 76.0 Å². The Bertz CT molecular complexity index is 955. The lowest BCUT2D eigenvalue weighted by Crippen LogP contribution is -2.50. The predicted molar refractivity (Wildman–Crippen MR) is 117 cm³/mol. The summed E-state index contributed by atoms with van der Waals surface area (Å²) in [4.78, 5) is 4.73. The molecule has 174 valence electrons. The van der Waals surface area contributed by atoms with Crippen LogP contribution in [0.15, 0.2) is 29.3 Å². The predicted octanol–water partition coefficient (Wildman–Crippen LogP) is 4.24. The number of hydrogen-bond donors (Lipinski definition) is 2. The zero-order valence-electron chi connectivity index (χ0n) is 18.7. The largest absolute Gasteiger partial charge is 0.416 e. The van der Waals surface area contributed by atoms with Crippen LogP contribution in [-0.2, 0) is 25.2 Å². The summed E-state index contributed by atoms with van der Waals surface area (Å²) in [7, 11) is 1.91. The van der Waals surface area contributed by atoms with Gasteiger partial charge in [-0.3, -0.25) is 0 Å². The van der Waals surface area contributed by atoms with E-state index in [0.29, 0.717) is 25.1 Å². The molecule has 2 N–H and O–H groups in total. The zero-order chi connectivity index (χ0) is 22.8. The van der Waals surface area contributed by atoms with E-state index in [1.807, 2.05) is 24.6 Å². The Morgan fingerprint density at radius 2 is 1.94 bits per heavy atom. The maximum absolute atomic E-state index is 13.3. The van der Waals surface area contributed by atoms with Gasteiger partial charge in [-0.1, -0.05) is 37.5 Å². The van der Waals surface area contributed by atoms with E-state index in [1.54, 1.807) is 0 Å². The Kier molecular flexibility index (Phi) is 6.44. The van der Waals surface area contributed by atoms with Crippen molar-refractivity contribution in [1.82, 2.24) is 25.4 Å². The number of alkyl halides is 3. The van der Waals surface area contributed by atoms with E-state index >= 15 is 0 Å². The number of aromatic nitrogens is 3. The minimum absolute atomic E-state index is 0.305. The van der Waals surface area contributed by atoms with Gasteiger partial charge in [-0.05, 0) is 44.2 Å². The molecule has 0 unspecified atom stereocenters. The lowest BCUT2D eigenvalue weighted by atomic mass is 9.64. The molecule has 9 heteroatoms. The SMILES string of the molecule is Cc1nnc(CN=C(NCC2(c3cccc(C(F)(F)F)c3)CCC2)NC2CCCC2)n1C. The van der Waals surface area contributed by atoms with Gasteiger partial charge in [-0.15, -0.1) is 10.2 Å². The van der Waals surface area contributed by atoms with Gasteiger partial charge in [0.1, 0.15) is 12.4 Å². The number of aliphatic imine (C=N–C) groups is 1. The van der Waals surface area contributed by atoms with Crippen molar-refractivity contribution in [2.24, 2.45) is 12.0 Å². The number of rotatable bonds is 6. The Labute approximate surface area is 186 Å². The molecule has 1 heterocycles. The maximum atomic E-state index is 13.3. The highest BCUT2D eigenvalue weighted by molar-refractivity contribution is 5.80. The summed E-state index contributed by atoms with van der Waals surface area (Å²) < 4.78 is 41.7. The van der Waals surface area contributed by atoms with Gasteiger partial charge in [0.05, 0.1) is 5.56 Å². The molecule has 2 aliphatic rings. The molecule has 2 fully saturated rings. The summed E-state index contributed by atoms with van der Waals surface area (Å²) >= 11 is 0. The molecular formula is C23H31F3N6. The number of guanidine groups is 1. The molecule has 4 rings (SSSR count). The Balaban J connectivity index is 1.51. The van der Waals surface area contributed by atoms with Crippen molar-refractivity contribution in [3.8, 4) is 0 Å². The molecule has 0 bridgehead atoms. The van der Waals surface area contributed by atoms with Gasteiger partial charge < -0.3 is 15.2 Å². The van der Waals surface area contributed by atoms with Gasteiger partial charge in [-0.25, -0.2) is 4.99 Å². The summed E-state index contributed by atoms with van der Waals surface area (Å²) in [6.45, 7) is 2.83. The van der Waals surface area contributed by atoms with Gasteiger partial charge in [0, 0.05) is 25.0 Å². The van der Waals surface area contributed by atoms with Crippen molar-refractivity contribution in [3.05, 3.63) is 47.0 Å². The summed E-state index contributed by atoms with van der Waals surface area (Å²) in [5.74, 6) is 2.29. The third-order valence-electron chi connectivity index (χ3n) is 6.96. The molecule has 1 aromatic heterocycles. The highest BCUT2D eigenvalue weighted by Gasteiger charge is 2.40. The minimum Gasteiger partial charge on any atom is -0.355 e. The molecule has 0 atom stereocenters. The molecule has 32 heavy (non-hydrogen) atoms. The molecule has 0 aliphatic heterocycles. The van der Waals surface area contributed by atoms with Gasteiger partial charge >= 0.3 is 6.18 Å². The number of nitrogens with one attached hydrogen (secondary N) is 2. The third kappa shape index (κ3) is 4.91. The van der Waals surface area contributed by atoms with E-state index < -0.39 is 11.7 Å².